The van der Waals surface area contributed by atoms with Crippen LogP contribution in [0.5, 0.6) is 5.75 Å². The molecule has 6 nitrogen and oxygen atoms in total. The summed E-state index contributed by atoms with van der Waals surface area (Å²) in [6.45, 7) is 3.54. The van der Waals surface area contributed by atoms with Crippen LogP contribution in [0.25, 0.3) is 0 Å². The molecular formula is C14H15FN4O2. The van der Waals surface area contributed by atoms with Gasteiger partial charge in [0, 0.05) is 38.2 Å². The van der Waals surface area contributed by atoms with Crippen LogP contribution in [0.3, 0.4) is 0 Å². The van der Waals surface area contributed by atoms with E-state index in [0.717, 1.165) is 31.7 Å². The minimum Gasteiger partial charge on any atom is -0.480 e. The van der Waals surface area contributed by atoms with E-state index in [9.17, 15) is 4.39 Å². The van der Waals surface area contributed by atoms with Crippen LogP contribution in [0, 0.1) is 5.82 Å². The summed E-state index contributed by atoms with van der Waals surface area (Å²) in [5, 5.41) is 7.30. The molecule has 0 spiro atoms. The zero-order valence-corrected chi connectivity index (χ0v) is 11.4. The summed E-state index contributed by atoms with van der Waals surface area (Å²) >= 11 is 0. The summed E-state index contributed by atoms with van der Waals surface area (Å²) in [4.78, 5) is 6.50. The Kier molecular flexibility index (Phi) is 2.99. The van der Waals surface area contributed by atoms with Gasteiger partial charge in [-0.05, 0) is 23.4 Å². The zero-order valence-electron chi connectivity index (χ0n) is 11.4. The summed E-state index contributed by atoms with van der Waals surface area (Å²) in [6.07, 6.45) is 0.224. The molecule has 3 heterocycles. The molecule has 21 heavy (non-hydrogen) atoms. The molecule has 2 aliphatic heterocycles. The van der Waals surface area contributed by atoms with E-state index in [0.29, 0.717) is 24.0 Å². The van der Waals surface area contributed by atoms with Crippen molar-refractivity contribution in [2.45, 2.75) is 12.5 Å². The van der Waals surface area contributed by atoms with Crippen molar-refractivity contribution < 1.29 is 13.7 Å². The molecular weight excluding hydrogens is 275 g/mol. The third-order valence-electron chi connectivity index (χ3n) is 3.80. The molecule has 0 aliphatic carbocycles. The van der Waals surface area contributed by atoms with E-state index < -0.39 is 0 Å². The maximum absolute atomic E-state index is 13.2. The maximum atomic E-state index is 13.2. The number of nitrogens with one attached hydrogen (secondary N) is 1. The first kappa shape index (κ1) is 12.6. The van der Waals surface area contributed by atoms with E-state index in [1.165, 1.54) is 12.1 Å². The third-order valence-corrected chi connectivity index (χ3v) is 3.80. The Bertz CT molecular complexity index is 654. The lowest BCUT2D eigenvalue weighted by Gasteiger charge is -2.25. The molecule has 1 unspecified atom stereocenters. The topological polar surface area (TPSA) is 63.4 Å². The Morgan fingerprint density at radius 3 is 3.00 bits per heavy atom. The van der Waals surface area contributed by atoms with Gasteiger partial charge in [-0.25, -0.2) is 4.39 Å². The normalized spacial score (nSPS) is 21.2. The second-order valence-electron chi connectivity index (χ2n) is 5.23. The second kappa shape index (κ2) is 5.00. The van der Waals surface area contributed by atoms with Crippen LogP contribution in [0.4, 0.5) is 10.3 Å². The van der Waals surface area contributed by atoms with Gasteiger partial charge in [-0.3, -0.25) is 0 Å². The monoisotopic (exact) mass is 290 g/mol. The van der Waals surface area contributed by atoms with E-state index in [1.54, 1.807) is 6.07 Å². The van der Waals surface area contributed by atoms with Gasteiger partial charge in [-0.2, -0.15) is 4.98 Å². The number of aromatic nitrogens is 2. The number of rotatable bonds is 2. The fourth-order valence-electron chi connectivity index (χ4n) is 2.71. The highest BCUT2D eigenvalue weighted by molar-refractivity contribution is 5.39. The van der Waals surface area contributed by atoms with Gasteiger partial charge in [-0.15, -0.1) is 0 Å². The highest BCUT2D eigenvalue weighted by atomic mass is 19.1. The lowest BCUT2D eigenvalue weighted by atomic mass is 10.1. The van der Waals surface area contributed by atoms with Gasteiger partial charge < -0.3 is 19.5 Å². The van der Waals surface area contributed by atoms with E-state index >= 15 is 0 Å². The minimum atomic E-state index is -0.328. The van der Waals surface area contributed by atoms with Crippen molar-refractivity contribution >= 4 is 5.95 Å². The van der Waals surface area contributed by atoms with Crippen LogP contribution in [0.1, 0.15) is 17.6 Å². The van der Waals surface area contributed by atoms with Crippen LogP contribution in [-0.4, -0.2) is 36.3 Å². The molecule has 7 heteroatoms. The van der Waals surface area contributed by atoms with E-state index in [1.807, 2.05) is 0 Å². The Morgan fingerprint density at radius 2 is 2.14 bits per heavy atom. The first-order valence-electron chi connectivity index (χ1n) is 7.04. The number of anilines is 1. The van der Waals surface area contributed by atoms with Crippen LogP contribution in [0.2, 0.25) is 0 Å². The van der Waals surface area contributed by atoms with Gasteiger partial charge in [0.15, 0.2) is 6.10 Å². The van der Waals surface area contributed by atoms with Gasteiger partial charge in [0.1, 0.15) is 11.6 Å². The summed E-state index contributed by atoms with van der Waals surface area (Å²) in [5.41, 5.74) is 0.835. The van der Waals surface area contributed by atoms with Gasteiger partial charge in [0.25, 0.3) is 11.8 Å². The van der Waals surface area contributed by atoms with Crippen LogP contribution < -0.4 is 15.0 Å². The highest BCUT2D eigenvalue weighted by Crippen LogP contribution is 2.36. The first-order valence-corrected chi connectivity index (χ1v) is 7.04. The van der Waals surface area contributed by atoms with Crippen LogP contribution >= 0.6 is 0 Å². The van der Waals surface area contributed by atoms with Crippen LogP contribution in [-0.2, 0) is 6.42 Å². The average molecular weight is 290 g/mol. The lowest BCUT2D eigenvalue weighted by Crippen LogP contribution is -2.44. The summed E-state index contributed by atoms with van der Waals surface area (Å²) in [7, 11) is 0. The van der Waals surface area contributed by atoms with Gasteiger partial charge >= 0.3 is 0 Å². The molecule has 1 saturated heterocycles. The Hall–Kier alpha value is -2.15. The van der Waals surface area contributed by atoms with Crippen molar-refractivity contribution in [3.05, 3.63) is 35.5 Å². The molecule has 0 radical (unpaired) electrons. The van der Waals surface area contributed by atoms with Gasteiger partial charge in [0.2, 0.25) is 0 Å². The second-order valence-corrected chi connectivity index (χ2v) is 5.23. The Labute approximate surface area is 120 Å². The molecule has 0 bridgehead atoms. The fourth-order valence-corrected chi connectivity index (χ4v) is 2.71. The maximum Gasteiger partial charge on any atom is 0.269 e. The molecule has 1 N–H and O–H groups in total. The molecule has 110 valence electrons. The molecule has 0 saturated carbocycles. The van der Waals surface area contributed by atoms with Crippen molar-refractivity contribution in [3.8, 4) is 5.75 Å². The number of benzene rings is 1. The predicted octanol–water partition coefficient (Wildman–Crippen LogP) is 1.29. The number of halogens is 1. The Balaban J connectivity index is 1.52. The average Bonchev–Trinajstić information content (AvgIpc) is 3.14. The number of nitrogens with zero attached hydrogens (tertiary/aromatic N) is 3. The molecule has 4 rings (SSSR count). The quantitative estimate of drug-likeness (QED) is 0.899. The van der Waals surface area contributed by atoms with Crippen molar-refractivity contribution in [2.24, 2.45) is 0 Å². The van der Waals surface area contributed by atoms with Crippen molar-refractivity contribution in [2.75, 3.05) is 31.1 Å². The molecule has 1 fully saturated rings. The lowest BCUT2D eigenvalue weighted by molar-refractivity contribution is 0.183. The van der Waals surface area contributed by atoms with E-state index in [-0.39, 0.29) is 11.9 Å². The molecule has 2 aromatic rings. The summed E-state index contributed by atoms with van der Waals surface area (Å²) in [6, 6.07) is 4.52. The number of piperazine rings is 1. The number of hydrogen-bond donors (Lipinski definition) is 1. The number of fused-ring (bicyclic) bond motifs is 1. The molecule has 2 aliphatic rings. The molecule has 1 aromatic carbocycles. The predicted molar refractivity (Wildman–Crippen MR) is 72.9 cm³/mol. The number of hydrogen-bond acceptors (Lipinski definition) is 6. The van der Waals surface area contributed by atoms with E-state index in [2.05, 4.69) is 20.4 Å². The van der Waals surface area contributed by atoms with Crippen molar-refractivity contribution in [1.82, 2.24) is 15.5 Å². The zero-order chi connectivity index (χ0) is 14.2. The fraction of sp³-hybridized carbons (Fsp3) is 0.429. The van der Waals surface area contributed by atoms with Crippen molar-refractivity contribution in [1.29, 1.82) is 0 Å². The number of ether oxygens (including phenoxy) is 1. The summed E-state index contributed by atoms with van der Waals surface area (Å²) in [5.74, 6) is 1.46. The van der Waals surface area contributed by atoms with E-state index in [4.69, 9.17) is 9.26 Å². The SMILES string of the molecule is Fc1ccc2c(c1)CC(c1nc(N3CCNCC3)no1)O2. The largest absolute Gasteiger partial charge is 0.480 e. The first-order chi connectivity index (χ1) is 10.3. The minimum absolute atomic E-state index is 0.259. The highest BCUT2D eigenvalue weighted by Gasteiger charge is 2.30. The van der Waals surface area contributed by atoms with Crippen LogP contribution in [0.15, 0.2) is 22.7 Å². The molecule has 1 aromatic heterocycles. The van der Waals surface area contributed by atoms with Gasteiger partial charge in [0.05, 0.1) is 0 Å². The van der Waals surface area contributed by atoms with Crippen molar-refractivity contribution in [3.63, 3.8) is 0 Å². The molecule has 0 amide bonds. The summed E-state index contributed by atoms with van der Waals surface area (Å²) < 4.78 is 24.3. The Morgan fingerprint density at radius 1 is 1.29 bits per heavy atom. The van der Waals surface area contributed by atoms with Gasteiger partial charge in [-0.1, -0.05) is 0 Å². The smallest absolute Gasteiger partial charge is 0.269 e. The third kappa shape index (κ3) is 2.33. The standard InChI is InChI=1S/C14H15FN4O2/c15-10-1-2-11-9(7-10)8-12(20-11)13-17-14(18-21-13)19-5-3-16-4-6-19/h1-2,7,12,16H,3-6,8H2. The molecule has 1 atom stereocenters.